The van der Waals surface area contributed by atoms with E-state index in [9.17, 15) is 18.5 Å². The molecule has 136 valence electrons. The van der Waals surface area contributed by atoms with Gasteiger partial charge in [0, 0.05) is 36.4 Å². The van der Waals surface area contributed by atoms with Gasteiger partial charge in [0.15, 0.2) is 0 Å². The maximum absolute atomic E-state index is 12.4. The lowest BCUT2D eigenvalue weighted by Crippen LogP contribution is -2.25. The molecule has 0 fully saturated rings. The summed E-state index contributed by atoms with van der Waals surface area (Å²) in [5.74, 6) is 0. The van der Waals surface area contributed by atoms with Gasteiger partial charge in [0.05, 0.1) is 9.82 Å². The van der Waals surface area contributed by atoms with Gasteiger partial charge in [-0.05, 0) is 36.9 Å². The average Bonchev–Trinajstić information content (AvgIpc) is 3.02. The van der Waals surface area contributed by atoms with Crippen LogP contribution in [0.1, 0.15) is 12.0 Å². The molecule has 0 radical (unpaired) electrons. The molecule has 8 heteroatoms. The number of sulfonamides is 1. The average molecular weight is 373 g/mol. The van der Waals surface area contributed by atoms with Gasteiger partial charge < -0.3 is 4.57 Å². The normalized spacial score (nSPS) is 11.7. The second-order valence-electron chi connectivity index (χ2n) is 6.02. The van der Waals surface area contributed by atoms with Crippen LogP contribution in [0.15, 0.2) is 59.6 Å². The number of nitro groups is 1. The number of nitro benzene ring substituents is 1. The number of benzene rings is 2. The fourth-order valence-corrected chi connectivity index (χ4v) is 3.92. The molecule has 0 aliphatic heterocycles. The summed E-state index contributed by atoms with van der Waals surface area (Å²) in [6, 6.07) is 13.9. The lowest BCUT2D eigenvalue weighted by Gasteiger charge is -2.09. The maximum atomic E-state index is 12.4. The Morgan fingerprint density at radius 1 is 1.15 bits per heavy atom. The quantitative estimate of drug-likeness (QED) is 0.391. The Morgan fingerprint density at radius 3 is 2.69 bits per heavy atom. The van der Waals surface area contributed by atoms with E-state index >= 15 is 0 Å². The summed E-state index contributed by atoms with van der Waals surface area (Å²) in [7, 11) is -3.78. The van der Waals surface area contributed by atoms with Crippen molar-refractivity contribution in [3.8, 4) is 0 Å². The number of hydrogen-bond donors (Lipinski definition) is 1. The van der Waals surface area contributed by atoms with Crippen LogP contribution in [0.2, 0.25) is 0 Å². The van der Waals surface area contributed by atoms with E-state index in [4.69, 9.17) is 0 Å². The van der Waals surface area contributed by atoms with Crippen molar-refractivity contribution in [2.24, 2.45) is 0 Å². The highest BCUT2D eigenvalue weighted by Crippen LogP contribution is 2.22. The molecular weight excluding hydrogens is 354 g/mol. The molecular formula is C18H19N3O4S. The van der Waals surface area contributed by atoms with Gasteiger partial charge in [0.1, 0.15) is 0 Å². The Balaban J connectivity index is 1.64. The molecule has 0 aliphatic rings. The van der Waals surface area contributed by atoms with Gasteiger partial charge in [0.2, 0.25) is 10.0 Å². The van der Waals surface area contributed by atoms with Crippen LogP contribution in [0.3, 0.4) is 0 Å². The molecule has 1 heterocycles. The van der Waals surface area contributed by atoms with Crippen LogP contribution in [0.5, 0.6) is 0 Å². The summed E-state index contributed by atoms with van der Waals surface area (Å²) in [6.45, 7) is 2.49. The van der Waals surface area contributed by atoms with Gasteiger partial charge >= 0.3 is 0 Å². The van der Waals surface area contributed by atoms with Crippen LogP contribution in [0.4, 0.5) is 5.69 Å². The molecule has 0 atom stereocenters. The van der Waals surface area contributed by atoms with E-state index < -0.39 is 14.9 Å². The Hall–Kier alpha value is -2.71. The highest BCUT2D eigenvalue weighted by atomic mass is 32.2. The molecule has 7 nitrogen and oxygen atoms in total. The zero-order valence-corrected chi connectivity index (χ0v) is 15.1. The molecule has 0 saturated heterocycles. The SMILES string of the molecule is Cc1ccc(S(=O)(=O)NCCCn2ccc3ccccc32)cc1[N+](=O)[O-]. The number of rotatable bonds is 7. The Labute approximate surface area is 151 Å². The van der Waals surface area contributed by atoms with Gasteiger partial charge in [-0.15, -0.1) is 0 Å². The highest BCUT2D eigenvalue weighted by molar-refractivity contribution is 7.89. The first-order valence-electron chi connectivity index (χ1n) is 8.17. The molecule has 0 aliphatic carbocycles. The van der Waals surface area contributed by atoms with E-state index in [0.717, 1.165) is 17.0 Å². The van der Waals surface area contributed by atoms with Gasteiger partial charge in [-0.1, -0.05) is 24.3 Å². The molecule has 1 aromatic heterocycles. The zero-order chi connectivity index (χ0) is 18.7. The van der Waals surface area contributed by atoms with Crippen molar-refractivity contribution < 1.29 is 13.3 Å². The Morgan fingerprint density at radius 2 is 1.92 bits per heavy atom. The second-order valence-corrected chi connectivity index (χ2v) is 7.79. The summed E-state index contributed by atoms with van der Waals surface area (Å²) >= 11 is 0. The number of fused-ring (bicyclic) bond motifs is 1. The summed E-state index contributed by atoms with van der Waals surface area (Å²) in [6.07, 6.45) is 2.58. The number of aryl methyl sites for hydroxylation is 2. The minimum Gasteiger partial charge on any atom is -0.347 e. The fourth-order valence-electron chi connectivity index (χ4n) is 2.83. The largest absolute Gasteiger partial charge is 0.347 e. The lowest BCUT2D eigenvalue weighted by molar-refractivity contribution is -0.385. The van der Waals surface area contributed by atoms with Gasteiger partial charge in [-0.3, -0.25) is 10.1 Å². The first kappa shape index (κ1) is 18.1. The number of hydrogen-bond acceptors (Lipinski definition) is 4. The molecule has 0 saturated carbocycles. The van der Waals surface area contributed by atoms with Crippen molar-refractivity contribution in [2.45, 2.75) is 24.8 Å². The van der Waals surface area contributed by atoms with Crippen LogP contribution in [-0.4, -0.2) is 24.5 Å². The fraction of sp³-hybridized carbons (Fsp3) is 0.222. The monoisotopic (exact) mass is 373 g/mol. The Kier molecular flexibility index (Phi) is 5.06. The van der Waals surface area contributed by atoms with E-state index in [0.29, 0.717) is 18.5 Å². The lowest BCUT2D eigenvalue weighted by atomic mass is 10.2. The van der Waals surface area contributed by atoms with Crippen molar-refractivity contribution in [3.05, 3.63) is 70.4 Å². The number of nitrogens with zero attached hydrogens (tertiary/aromatic N) is 2. The smallest absolute Gasteiger partial charge is 0.273 e. The van der Waals surface area contributed by atoms with Crippen LogP contribution >= 0.6 is 0 Å². The maximum Gasteiger partial charge on any atom is 0.273 e. The Bertz CT molecular complexity index is 1060. The van der Waals surface area contributed by atoms with Gasteiger partial charge in [0.25, 0.3) is 5.69 Å². The molecule has 3 aromatic rings. The molecule has 0 spiro atoms. The zero-order valence-electron chi connectivity index (χ0n) is 14.3. The van der Waals surface area contributed by atoms with Crippen molar-refractivity contribution in [1.29, 1.82) is 0 Å². The third-order valence-electron chi connectivity index (χ3n) is 4.24. The molecule has 1 N–H and O–H groups in total. The molecule has 3 rings (SSSR count). The first-order chi connectivity index (χ1) is 12.4. The summed E-state index contributed by atoms with van der Waals surface area (Å²) in [5.41, 5.74) is 1.32. The summed E-state index contributed by atoms with van der Waals surface area (Å²) < 4.78 is 29.3. The topological polar surface area (TPSA) is 94.2 Å². The van der Waals surface area contributed by atoms with E-state index in [1.54, 1.807) is 6.92 Å². The van der Waals surface area contributed by atoms with E-state index in [1.165, 1.54) is 12.1 Å². The third-order valence-corrected chi connectivity index (χ3v) is 5.69. The second kappa shape index (κ2) is 7.27. The first-order valence-corrected chi connectivity index (χ1v) is 9.65. The van der Waals surface area contributed by atoms with Crippen LogP contribution < -0.4 is 4.72 Å². The standard InChI is InChI=1S/C18H19N3O4S/c1-14-7-8-16(13-18(14)21(22)23)26(24,25)19-10-4-11-20-12-9-15-5-2-3-6-17(15)20/h2-3,5-9,12-13,19H,4,10-11H2,1H3. The molecule has 0 bridgehead atoms. The third kappa shape index (κ3) is 3.76. The van der Waals surface area contributed by atoms with E-state index in [-0.39, 0.29) is 17.1 Å². The minimum absolute atomic E-state index is 0.0961. The van der Waals surface area contributed by atoms with Crippen LogP contribution in [0.25, 0.3) is 10.9 Å². The minimum atomic E-state index is -3.78. The summed E-state index contributed by atoms with van der Waals surface area (Å²) in [4.78, 5) is 10.3. The van der Waals surface area contributed by atoms with Crippen molar-refractivity contribution in [1.82, 2.24) is 9.29 Å². The van der Waals surface area contributed by atoms with Gasteiger partial charge in [-0.25, -0.2) is 13.1 Å². The van der Waals surface area contributed by atoms with Crippen molar-refractivity contribution in [2.75, 3.05) is 6.54 Å². The molecule has 0 amide bonds. The highest BCUT2D eigenvalue weighted by Gasteiger charge is 2.19. The number of aromatic nitrogens is 1. The van der Waals surface area contributed by atoms with Crippen molar-refractivity contribution >= 4 is 26.6 Å². The van der Waals surface area contributed by atoms with E-state index in [2.05, 4.69) is 9.29 Å². The van der Waals surface area contributed by atoms with Crippen LogP contribution in [-0.2, 0) is 16.6 Å². The van der Waals surface area contributed by atoms with Crippen LogP contribution in [0, 0.1) is 17.0 Å². The predicted molar refractivity (Wildman–Crippen MR) is 99.6 cm³/mol. The number of para-hydroxylation sites is 1. The predicted octanol–water partition coefficient (Wildman–Crippen LogP) is 3.23. The molecule has 0 unspecified atom stereocenters. The molecule has 26 heavy (non-hydrogen) atoms. The summed E-state index contributed by atoms with van der Waals surface area (Å²) in [5, 5.41) is 12.1. The van der Waals surface area contributed by atoms with E-state index in [1.807, 2.05) is 36.5 Å². The van der Waals surface area contributed by atoms with Crippen molar-refractivity contribution in [3.63, 3.8) is 0 Å². The molecule has 2 aromatic carbocycles. The number of nitrogens with one attached hydrogen (secondary N) is 1. The van der Waals surface area contributed by atoms with Gasteiger partial charge in [-0.2, -0.15) is 0 Å².